The predicted molar refractivity (Wildman–Crippen MR) is 98.9 cm³/mol. The molecule has 2 aromatic rings. The average molecular weight is 353 g/mol. The Balaban J connectivity index is 1.49. The van der Waals surface area contributed by atoms with Gasteiger partial charge in [-0.2, -0.15) is 0 Å². The maximum absolute atomic E-state index is 12.8. The molecule has 1 N–H and O–H groups in total. The number of amides is 1. The number of methoxy groups -OCH3 is 2. The van der Waals surface area contributed by atoms with E-state index in [2.05, 4.69) is 10.3 Å². The van der Waals surface area contributed by atoms with Gasteiger partial charge in [-0.05, 0) is 54.7 Å². The van der Waals surface area contributed by atoms with Gasteiger partial charge in [0, 0.05) is 25.3 Å². The number of rotatable bonds is 5. The Labute approximate surface area is 153 Å². The molecule has 1 aliphatic carbocycles. The van der Waals surface area contributed by atoms with E-state index in [4.69, 9.17) is 9.47 Å². The van der Waals surface area contributed by atoms with Crippen molar-refractivity contribution in [1.29, 1.82) is 0 Å². The van der Waals surface area contributed by atoms with Crippen LogP contribution in [-0.2, 0) is 13.0 Å². The maximum atomic E-state index is 12.8. The number of fused-ring (bicyclic) bond motifs is 1. The number of anilines is 1. The standard InChI is InChI=1S/C20H23N3O3/c1-25-17-9-13-7-8-23(12-15(13)10-18(17)26-2)20(24)14-3-6-19(21-11-14)22-16-4-5-16/h3,6,9-11,16H,4-5,7-8,12H2,1-2H3,(H,21,22). The molecule has 1 fully saturated rings. The minimum atomic E-state index is 0.0101. The number of ether oxygens (including phenoxy) is 2. The molecule has 2 aliphatic rings. The van der Waals surface area contributed by atoms with Crippen LogP contribution in [0.15, 0.2) is 30.5 Å². The Kier molecular flexibility index (Phi) is 4.41. The van der Waals surface area contributed by atoms with Crippen LogP contribution in [0.25, 0.3) is 0 Å². The van der Waals surface area contributed by atoms with Gasteiger partial charge in [0.25, 0.3) is 5.91 Å². The van der Waals surface area contributed by atoms with Crippen LogP contribution in [-0.4, -0.2) is 42.6 Å². The highest BCUT2D eigenvalue weighted by Gasteiger charge is 2.24. The maximum Gasteiger partial charge on any atom is 0.255 e. The molecule has 1 amide bonds. The smallest absolute Gasteiger partial charge is 0.255 e. The molecule has 6 nitrogen and oxygen atoms in total. The highest BCUT2D eigenvalue weighted by Crippen LogP contribution is 2.33. The lowest BCUT2D eigenvalue weighted by molar-refractivity contribution is 0.0734. The fourth-order valence-corrected chi connectivity index (χ4v) is 3.28. The SMILES string of the molecule is COc1cc2c(cc1OC)CN(C(=O)c1ccc(NC3CC3)nc1)CC2. The molecule has 1 aromatic carbocycles. The summed E-state index contributed by atoms with van der Waals surface area (Å²) in [6.45, 7) is 1.25. The van der Waals surface area contributed by atoms with Crippen molar-refractivity contribution in [2.24, 2.45) is 0 Å². The van der Waals surface area contributed by atoms with E-state index in [1.807, 2.05) is 29.2 Å². The summed E-state index contributed by atoms with van der Waals surface area (Å²) in [4.78, 5) is 19.1. The Hall–Kier alpha value is -2.76. The second-order valence-electron chi connectivity index (χ2n) is 6.80. The summed E-state index contributed by atoms with van der Waals surface area (Å²) >= 11 is 0. The van der Waals surface area contributed by atoms with Crippen molar-refractivity contribution in [2.75, 3.05) is 26.1 Å². The lowest BCUT2D eigenvalue weighted by Crippen LogP contribution is -2.36. The van der Waals surface area contributed by atoms with Gasteiger partial charge in [-0.3, -0.25) is 4.79 Å². The number of hydrogen-bond donors (Lipinski definition) is 1. The van der Waals surface area contributed by atoms with Crippen LogP contribution in [0, 0.1) is 0 Å². The van der Waals surface area contributed by atoms with Gasteiger partial charge in [-0.25, -0.2) is 4.98 Å². The lowest BCUT2D eigenvalue weighted by atomic mass is 9.98. The topological polar surface area (TPSA) is 63.7 Å². The summed E-state index contributed by atoms with van der Waals surface area (Å²) in [7, 11) is 3.26. The molecule has 4 rings (SSSR count). The van der Waals surface area contributed by atoms with Crippen LogP contribution in [0.2, 0.25) is 0 Å². The van der Waals surface area contributed by atoms with Crippen LogP contribution in [0.3, 0.4) is 0 Å². The van der Waals surface area contributed by atoms with Crippen LogP contribution < -0.4 is 14.8 Å². The number of carbonyl (C=O) groups excluding carboxylic acids is 1. The number of hydrogen-bond acceptors (Lipinski definition) is 5. The molecule has 0 bridgehead atoms. The average Bonchev–Trinajstić information content (AvgIpc) is 3.50. The molecule has 136 valence electrons. The third kappa shape index (κ3) is 3.31. The van der Waals surface area contributed by atoms with E-state index in [1.54, 1.807) is 20.4 Å². The number of benzene rings is 1. The number of aromatic nitrogens is 1. The highest BCUT2D eigenvalue weighted by molar-refractivity contribution is 5.94. The van der Waals surface area contributed by atoms with E-state index in [0.29, 0.717) is 30.4 Å². The fourth-order valence-electron chi connectivity index (χ4n) is 3.28. The second kappa shape index (κ2) is 6.86. The van der Waals surface area contributed by atoms with Gasteiger partial charge in [0.15, 0.2) is 11.5 Å². The van der Waals surface area contributed by atoms with E-state index in [1.165, 1.54) is 18.4 Å². The number of nitrogens with zero attached hydrogens (tertiary/aromatic N) is 2. The molecular formula is C20H23N3O3. The molecule has 0 spiro atoms. The van der Waals surface area contributed by atoms with Gasteiger partial charge in [0.2, 0.25) is 0 Å². The molecular weight excluding hydrogens is 330 g/mol. The summed E-state index contributed by atoms with van der Waals surface area (Å²) < 4.78 is 10.8. The molecule has 0 radical (unpaired) electrons. The Morgan fingerprint density at radius 2 is 1.88 bits per heavy atom. The molecule has 6 heteroatoms. The molecule has 0 atom stereocenters. The van der Waals surface area contributed by atoms with Crippen LogP contribution in [0.4, 0.5) is 5.82 Å². The third-order valence-electron chi connectivity index (χ3n) is 4.95. The van der Waals surface area contributed by atoms with Crippen molar-refractivity contribution in [3.63, 3.8) is 0 Å². The third-order valence-corrected chi connectivity index (χ3v) is 4.95. The van der Waals surface area contributed by atoms with Crippen molar-refractivity contribution < 1.29 is 14.3 Å². The quantitative estimate of drug-likeness (QED) is 0.895. The molecule has 1 aromatic heterocycles. The molecule has 0 saturated heterocycles. The zero-order chi connectivity index (χ0) is 18.1. The van der Waals surface area contributed by atoms with Gasteiger partial charge < -0.3 is 19.7 Å². The van der Waals surface area contributed by atoms with E-state index < -0.39 is 0 Å². The number of pyridine rings is 1. The normalized spacial score (nSPS) is 16.0. The first-order chi connectivity index (χ1) is 12.7. The summed E-state index contributed by atoms with van der Waals surface area (Å²) in [6, 6.07) is 8.26. The lowest BCUT2D eigenvalue weighted by Gasteiger charge is -2.29. The van der Waals surface area contributed by atoms with Crippen molar-refractivity contribution in [1.82, 2.24) is 9.88 Å². The van der Waals surface area contributed by atoms with Gasteiger partial charge in [-0.15, -0.1) is 0 Å². The zero-order valence-electron chi connectivity index (χ0n) is 15.1. The Morgan fingerprint density at radius 1 is 1.15 bits per heavy atom. The van der Waals surface area contributed by atoms with Gasteiger partial charge in [-0.1, -0.05) is 0 Å². The first-order valence-electron chi connectivity index (χ1n) is 8.93. The zero-order valence-corrected chi connectivity index (χ0v) is 15.1. The second-order valence-corrected chi connectivity index (χ2v) is 6.80. The van der Waals surface area contributed by atoms with E-state index >= 15 is 0 Å². The molecule has 0 unspecified atom stereocenters. The minimum absolute atomic E-state index is 0.0101. The highest BCUT2D eigenvalue weighted by atomic mass is 16.5. The van der Waals surface area contributed by atoms with Crippen LogP contribution in [0.5, 0.6) is 11.5 Å². The number of nitrogens with one attached hydrogen (secondary N) is 1. The predicted octanol–water partition coefficient (Wildman–Crippen LogP) is 2.87. The first-order valence-corrected chi connectivity index (χ1v) is 8.93. The first kappa shape index (κ1) is 16.7. The van der Waals surface area contributed by atoms with Crippen molar-refractivity contribution in [3.8, 4) is 11.5 Å². The summed E-state index contributed by atoms with van der Waals surface area (Å²) in [5.41, 5.74) is 2.92. The van der Waals surface area contributed by atoms with E-state index in [-0.39, 0.29) is 5.91 Å². The summed E-state index contributed by atoms with van der Waals surface area (Å²) in [5.74, 6) is 2.27. The van der Waals surface area contributed by atoms with Crippen LogP contribution in [0.1, 0.15) is 34.3 Å². The van der Waals surface area contributed by atoms with Crippen molar-refractivity contribution >= 4 is 11.7 Å². The Bertz CT molecular complexity index is 816. The minimum Gasteiger partial charge on any atom is -0.493 e. The van der Waals surface area contributed by atoms with Gasteiger partial charge in [0.05, 0.1) is 19.8 Å². The summed E-state index contributed by atoms with van der Waals surface area (Å²) in [5, 5.41) is 3.34. The van der Waals surface area contributed by atoms with Crippen molar-refractivity contribution in [2.45, 2.75) is 31.8 Å². The Morgan fingerprint density at radius 3 is 2.50 bits per heavy atom. The molecule has 26 heavy (non-hydrogen) atoms. The molecule has 1 aliphatic heterocycles. The van der Waals surface area contributed by atoms with Gasteiger partial charge >= 0.3 is 0 Å². The summed E-state index contributed by atoms with van der Waals surface area (Å²) in [6.07, 6.45) is 4.86. The monoisotopic (exact) mass is 353 g/mol. The fraction of sp³-hybridized carbons (Fsp3) is 0.400. The molecule has 1 saturated carbocycles. The van der Waals surface area contributed by atoms with Gasteiger partial charge in [0.1, 0.15) is 5.82 Å². The van der Waals surface area contributed by atoms with E-state index in [0.717, 1.165) is 23.6 Å². The van der Waals surface area contributed by atoms with E-state index in [9.17, 15) is 4.79 Å². The van der Waals surface area contributed by atoms with Crippen LogP contribution >= 0.6 is 0 Å². The number of carbonyl (C=O) groups is 1. The molecule has 2 heterocycles. The van der Waals surface area contributed by atoms with Crippen molar-refractivity contribution in [3.05, 3.63) is 47.2 Å². The largest absolute Gasteiger partial charge is 0.493 e.